The number of carbonyl (C=O) groups is 1. The third kappa shape index (κ3) is 4.98. The summed E-state index contributed by atoms with van der Waals surface area (Å²) in [7, 11) is -3.82. The lowest BCUT2D eigenvalue weighted by Crippen LogP contribution is -2.32. The normalized spacial score (nSPS) is 15.3. The summed E-state index contributed by atoms with van der Waals surface area (Å²) in [4.78, 5) is 20.6. The van der Waals surface area contributed by atoms with Crippen molar-refractivity contribution in [1.29, 1.82) is 0 Å². The van der Waals surface area contributed by atoms with E-state index < -0.39 is 16.0 Å². The molecule has 0 N–H and O–H groups in total. The highest BCUT2D eigenvalue weighted by atomic mass is 35.5. The van der Waals surface area contributed by atoms with E-state index in [0.717, 1.165) is 25.7 Å². The van der Waals surface area contributed by atoms with Crippen LogP contribution in [-0.2, 0) is 21.4 Å². The van der Waals surface area contributed by atoms with Crippen molar-refractivity contribution in [2.24, 2.45) is 0 Å². The van der Waals surface area contributed by atoms with Crippen LogP contribution in [0.5, 0.6) is 0 Å². The molecule has 1 aliphatic rings. The number of pyridine rings is 1. The largest absolute Gasteiger partial charge is 0.452 e. The first-order valence-electron chi connectivity index (χ1n) is 10.1. The van der Waals surface area contributed by atoms with Crippen molar-refractivity contribution in [2.45, 2.75) is 37.2 Å². The Balaban J connectivity index is 1.47. The molecular weight excluding hydrogens is 456 g/mol. The maximum atomic E-state index is 13.1. The van der Waals surface area contributed by atoms with Gasteiger partial charge in [-0.3, -0.25) is 4.98 Å². The second kappa shape index (κ2) is 9.76. The fraction of sp³-hybridized carbons (Fsp3) is 0.333. The number of carbonyl (C=O) groups excluding carboxylic acids is 1. The summed E-state index contributed by atoms with van der Waals surface area (Å²) in [5.74, 6) is -0.305. The molecule has 11 heteroatoms. The van der Waals surface area contributed by atoms with E-state index in [9.17, 15) is 13.2 Å². The number of ether oxygens (including phenoxy) is 1. The van der Waals surface area contributed by atoms with Crippen molar-refractivity contribution in [3.05, 3.63) is 59.2 Å². The standard InChI is InChI=1S/C21H21ClN4O5S/c22-17-8-7-15(12-18(17)32(28,29)26-10-3-1-2-4-11-26)21(27)30-14-19-24-20(25-31-19)16-6-5-9-23-13-16/h5-9,12-13H,1-4,10-11,14H2. The summed E-state index contributed by atoms with van der Waals surface area (Å²) in [5.41, 5.74) is 0.727. The minimum atomic E-state index is -3.82. The summed E-state index contributed by atoms with van der Waals surface area (Å²) in [5, 5.41) is 3.89. The van der Waals surface area contributed by atoms with Gasteiger partial charge in [-0.15, -0.1) is 0 Å². The molecule has 0 atom stereocenters. The summed E-state index contributed by atoms with van der Waals surface area (Å²) >= 11 is 6.18. The Kier molecular flexibility index (Phi) is 6.83. The molecule has 1 fully saturated rings. The number of esters is 1. The summed E-state index contributed by atoms with van der Waals surface area (Å²) in [6.07, 6.45) is 6.78. The van der Waals surface area contributed by atoms with Crippen molar-refractivity contribution in [3.63, 3.8) is 0 Å². The van der Waals surface area contributed by atoms with Crippen LogP contribution in [0.15, 0.2) is 52.1 Å². The van der Waals surface area contributed by atoms with Gasteiger partial charge < -0.3 is 9.26 Å². The minimum Gasteiger partial charge on any atom is -0.452 e. The highest BCUT2D eigenvalue weighted by Gasteiger charge is 2.28. The summed E-state index contributed by atoms with van der Waals surface area (Å²) < 4.78 is 38.0. The number of rotatable bonds is 6. The molecule has 3 heterocycles. The van der Waals surface area contributed by atoms with Gasteiger partial charge in [-0.25, -0.2) is 13.2 Å². The third-order valence-corrected chi connectivity index (χ3v) is 7.44. The molecule has 32 heavy (non-hydrogen) atoms. The number of nitrogens with zero attached hydrogens (tertiary/aromatic N) is 4. The lowest BCUT2D eigenvalue weighted by atomic mass is 10.2. The molecule has 0 unspecified atom stereocenters. The van der Waals surface area contributed by atoms with E-state index in [0.29, 0.717) is 24.5 Å². The topological polar surface area (TPSA) is 115 Å². The summed E-state index contributed by atoms with van der Waals surface area (Å²) in [6.45, 7) is 0.608. The van der Waals surface area contributed by atoms with Gasteiger partial charge in [-0.05, 0) is 43.2 Å². The van der Waals surface area contributed by atoms with Gasteiger partial charge in [0.25, 0.3) is 5.89 Å². The van der Waals surface area contributed by atoms with Gasteiger partial charge in [0, 0.05) is 31.0 Å². The average molecular weight is 477 g/mol. The Morgan fingerprint density at radius 3 is 2.66 bits per heavy atom. The van der Waals surface area contributed by atoms with Crippen LogP contribution in [0.25, 0.3) is 11.4 Å². The van der Waals surface area contributed by atoms with Gasteiger partial charge in [0.15, 0.2) is 6.61 Å². The molecule has 0 aliphatic carbocycles. The Morgan fingerprint density at radius 1 is 1.16 bits per heavy atom. The molecule has 3 aromatic rings. The number of aromatic nitrogens is 3. The smallest absolute Gasteiger partial charge is 0.338 e. The van der Waals surface area contributed by atoms with Gasteiger partial charge in [0.1, 0.15) is 4.90 Å². The molecule has 1 aromatic carbocycles. The predicted octanol–water partition coefficient (Wildman–Crippen LogP) is 3.71. The molecule has 0 spiro atoms. The molecule has 1 saturated heterocycles. The monoisotopic (exact) mass is 476 g/mol. The molecule has 168 valence electrons. The van der Waals surface area contributed by atoms with E-state index >= 15 is 0 Å². The first kappa shape index (κ1) is 22.4. The Morgan fingerprint density at radius 2 is 1.94 bits per heavy atom. The van der Waals surface area contributed by atoms with Crippen molar-refractivity contribution in [2.75, 3.05) is 13.1 Å². The van der Waals surface area contributed by atoms with Gasteiger partial charge in [0.2, 0.25) is 15.8 Å². The van der Waals surface area contributed by atoms with Crippen molar-refractivity contribution >= 4 is 27.6 Å². The predicted molar refractivity (Wildman–Crippen MR) is 115 cm³/mol. The van der Waals surface area contributed by atoms with Gasteiger partial charge in [-0.2, -0.15) is 9.29 Å². The van der Waals surface area contributed by atoms with E-state index in [-0.39, 0.29) is 28.0 Å². The van der Waals surface area contributed by atoms with E-state index in [1.54, 1.807) is 24.5 Å². The van der Waals surface area contributed by atoms with Crippen LogP contribution in [0.3, 0.4) is 0 Å². The zero-order valence-electron chi connectivity index (χ0n) is 17.1. The molecular formula is C21H21ClN4O5S. The van der Waals surface area contributed by atoms with Crippen LogP contribution < -0.4 is 0 Å². The van der Waals surface area contributed by atoms with E-state index in [2.05, 4.69) is 15.1 Å². The molecule has 0 saturated carbocycles. The van der Waals surface area contributed by atoms with Crippen LogP contribution in [0, 0.1) is 0 Å². The van der Waals surface area contributed by atoms with Crippen LogP contribution >= 0.6 is 11.6 Å². The first-order chi connectivity index (χ1) is 15.4. The van der Waals surface area contributed by atoms with Crippen LogP contribution in [0.1, 0.15) is 41.9 Å². The molecule has 4 rings (SSSR count). The highest BCUT2D eigenvalue weighted by Crippen LogP contribution is 2.28. The van der Waals surface area contributed by atoms with Crippen molar-refractivity contribution in [1.82, 2.24) is 19.4 Å². The van der Waals surface area contributed by atoms with Gasteiger partial charge in [-0.1, -0.05) is 29.6 Å². The quantitative estimate of drug-likeness (QED) is 0.494. The number of halogens is 1. The van der Waals surface area contributed by atoms with E-state index in [1.807, 2.05) is 0 Å². The number of hydrogen-bond donors (Lipinski definition) is 0. The molecule has 0 bridgehead atoms. The summed E-state index contributed by atoms with van der Waals surface area (Å²) in [6, 6.07) is 7.56. The van der Waals surface area contributed by atoms with Crippen LogP contribution in [-0.4, -0.2) is 46.9 Å². The maximum Gasteiger partial charge on any atom is 0.338 e. The van der Waals surface area contributed by atoms with Gasteiger partial charge >= 0.3 is 5.97 Å². The average Bonchev–Trinajstić information content (AvgIpc) is 3.10. The number of sulfonamides is 1. The fourth-order valence-electron chi connectivity index (χ4n) is 3.39. The second-order valence-corrected chi connectivity index (χ2v) is 9.61. The zero-order chi connectivity index (χ0) is 22.6. The first-order valence-corrected chi connectivity index (χ1v) is 12.0. The second-order valence-electron chi connectivity index (χ2n) is 7.29. The van der Waals surface area contributed by atoms with E-state index in [4.69, 9.17) is 20.9 Å². The maximum absolute atomic E-state index is 13.1. The highest BCUT2D eigenvalue weighted by molar-refractivity contribution is 7.89. The Bertz CT molecular complexity index is 1190. The molecule has 2 aromatic heterocycles. The van der Waals surface area contributed by atoms with Crippen LogP contribution in [0.4, 0.5) is 0 Å². The number of benzene rings is 1. The molecule has 9 nitrogen and oxygen atoms in total. The molecule has 0 radical (unpaired) electrons. The van der Waals surface area contributed by atoms with Crippen molar-refractivity contribution in [3.8, 4) is 11.4 Å². The minimum absolute atomic E-state index is 0.0591. The Labute approximate surface area is 190 Å². The van der Waals surface area contributed by atoms with Gasteiger partial charge in [0.05, 0.1) is 10.6 Å². The molecule has 1 aliphatic heterocycles. The zero-order valence-corrected chi connectivity index (χ0v) is 18.7. The van der Waals surface area contributed by atoms with Crippen molar-refractivity contribution < 1.29 is 22.5 Å². The fourth-order valence-corrected chi connectivity index (χ4v) is 5.40. The molecule has 0 amide bonds. The lowest BCUT2D eigenvalue weighted by Gasteiger charge is -2.20. The lowest BCUT2D eigenvalue weighted by molar-refractivity contribution is 0.0429. The SMILES string of the molecule is O=C(OCc1nc(-c2cccnc2)no1)c1ccc(Cl)c(S(=O)(=O)N2CCCCCC2)c1. The van der Waals surface area contributed by atoms with Crippen LogP contribution in [0.2, 0.25) is 5.02 Å². The van der Waals surface area contributed by atoms with E-state index in [1.165, 1.54) is 22.5 Å². The third-order valence-electron chi connectivity index (χ3n) is 5.06. The number of hydrogen-bond acceptors (Lipinski definition) is 8. The Hall–Kier alpha value is -2.82.